The first-order valence-corrected chi connectivity index (χ1v) is 10.6. The van der Waals surface area contributed by atoms with E-state index in [1.807, 2.05) is 28.8 Å². The van der Waals surface area contributed by atoms with E-state index >= 15 is 0 Å². The van der Waals surface area contributed by atoms with E-state index in [0.717, 1.165) is 37.6 Å². The van der Waals surface area contributed by atoms with Crippen molar-refractivity contribution in [3.63, 3.8) is 0 Å². The predicted octanol–water partition coefficient (Wildman–Crippen LogP) is 2.63. The summed E-state index contributed by atoms with van der Waals surface area (Å²) in [5, 5.41) is 11.5. The maximum atomic E-state index is 12.1. The number of anilines is 1. The molecule has 0 bridgehead atoms. The molecule has 0 saturated carbocycles. The SMILES string of the molecule is CCOC(=O)NC(=O)CSc1nnc(N2CCCCC2)n1-c1ccccc1OC. The highest BCUT2D eigenvalue weighted by atomic mass is 32.2. The number of alkyl carbamates (subject to hydrolysis) is 1. The standard InChI is InChI=1S/C19H25N5O4S/c1-3-28-19(26)20-16(25)13-29-18-22-21-17(23-11-7-4-8-12-23)24(18)14-9-5-6-10-15(14)27-2/h5-6,9-10H,3-4,7-8,11-13H2,1-2H3,(H,20,25,26). The fourth-order valence-corrected chi connectivity index (χ4v) is 3.87. The predicted molar refractivity (Wildman–Crippen MR) is 110 cm³/mol. The highest BCUT2D eigenvalue weighted by Gasteiger charge is 2.24. The normalized spacial score (nSPS) is 13.8. The molecule has 2 amide bonds. The molecule has 1 N–H and O–H groups in total. The van der Waals surface area contributed by atoms with Gasteiger partial charge in [-0.2, -0.15) is 0 Å². The zero-order chi connectivity index (χ0) is 20.6. The summed E-state index contributed by atoms with van der Waals surface area (Å²) in [4.78, 5) is 25.7. The van der Waals surface area contributed by atoms with Gasteiger partial charge in [0.25, 0.3) is 0 Å². The molecule has 0 spiro atoms. The van der Waals surface area contributed by atoms with Crippen molar-refractivity contribution < 1.29 is 19.1 Å². The molecule has 0 unspecified atom stereocenters. The van der Waals surface area contributed by atoms with Crippen LogP contribution in [0.2, 0.25) is 0 Å². The maximum absolute atomic E-state index is 12.1. The fourth-order valence-electron chi connectivity index (χ4n) is 3.13. The topological polar surface area (TPSA) is 98.6 Å². The van der Waals surface area contributed by atoms with E-state index in [1.165, 1.54) is 18.2 Å². The Morgan fingerprint density at radius 1 is 1.17 bits per heavy atom. The Bertz CT molecular complexity index is 851. The lowest BCUT2D eigenvalue weighted by atomic mass is 10.1. The number of piperidine rings is 1. The van der Waals surface area contributed by atoms with Crippen molar-refractivity contribution in [3.8, 4) is 11.4 Å². The van der Waals surface area contributed by atoms with Crippen LogP contribution in [0.3, 0.4) is 0 Å². The number of rotatable bonds is 7. The van der Waals surface area contributed by atoms with Crippen LogP contribution in [-0.2, 0) is 9.53 Å². The summed E-state index contributed by atoms with van der Waals surface area (Å²) in [5.74, 6) is 0.958. The summed E-state index contributed by atoms with van der Waals surface area (Å²) in [6, 6.07) is 7.61. The lowest BCUT2D eigenvalue weighted by Gasteiger charge is -2.28. The number of thioether (sulfide) groups is 1. The van der Waals surface area contributed by atoms with Crippen molar-refractivity contribution in [1.29, 1.82) is 0 Å². The summed E-state index contributed by atoms with van der Waals surface area (Å²) in [5.41, 5.74) is 0.800. The number of methoxy groups -OCH3 is 1. The number of ether oxygens (including phenoxy) is 2. The van der Waals surface area contributed by atoms with Crippen LogP contribution in [0, 0.1) is 0 Å². The van der Waals surface area contributed by atoms with Crippen molar-refractivity contribution in [2.45, 2.75) is 31.3 Å². The van der Waals surface area contributed by atoms with Crippen LogP contribution < -0.4 is 15.0 Å². The van der Waals surface area contributed by atoms with Gasteiger partial charge < -0.3 is 14.4 Å². The smallest absolute Gasteiger partial charge is 0.413 e. The third kappa shape index (κ3) is 5.20. The Kier molecular flexibility index (Phi) is 7.34. The van der Waals surface area contributed by atoms with Crippen LogP contribution in [-0.4, -0.2) is 59.3 Å². The second-order valence-electron chi connectivity index (χ2n) is 6.39. The van der Waals surface area contributed by atoms with Gasteiger partial charge in [0, 0.05) is 13.1 Å². The average molecular weight is 420 g/mol. The summed E-state index contributed by atoms with van der Waals surface area (Å²) >= 11 is 1.20. The molecule has 0 atom stereocenters. The van der Waals surface area contributed by atoms with Gasteiger partial charge >= 0.3 is 6.09 Å². The summed E-state index contributed by atoms with van der Waals surface area (Å²) in [6.45, 7) is 3.69. The zero-order valence-electron chi connectivity index (χ0n) is 16.6. The van der Waals surface area contributed by atoms with Crippen LogP contribution in [0.5, 0.6) is 5.75 Å². The molecule has 1 fully saturated rings. The molecular formula is C19H25N5O4S. The van der Waals surface area contributed by atoms with Crippen molar-refractivity contribution in [1.82, 2.24) is 20.1 Å². The fraction of sp³-hybridized carbons (Fsp3) is 0.474. The van der Waals surface area contributed by atoms with Gasteiger partial charge in [0.1, 0.15) is 5.75 Å². The zero-order valence-corrected chi connectivity index (χ0v) is 17.4. The molecule has 0 aliphatic carbocycles. The molecule has 1 saturated heterocycles. The highest BCUT2D eigenvalue weighted by Crippen LogP contribution is 2.32. The number of benzene rings is 1. The first kappa shape index (κ1) is 21.0. The number of imide groups is 1. The Labute approximate surface area is 173 Å². The summed E-state index contributed by atoms with van der Waals surface area (Å²) < 4.78 is 12.2. The minimum Gasteiger partial charge on any atom is -0.495 e. The van der Waals surface area contributed by atoms with Crippen LogP contribution in [0.25, 0.3) is 5.69 Å². The molecule has 1 aromatic heterocycles. The van der Waals surface area contributed by atoms with Crippen LogP contribution in [0.1, 0.15) is 26.2 Å². The lowest BCUT2D eigenvalue weighted by Crippen LogP contribution is -2.32. The van der Waals surface area contributed by atoms with Gasteiger partial charge in [0.05, 0.1) is 25.2 Å². The second-order valence-corrected chi connectivity index (χ2v) is 7.34. The van der Waals surface area contributed by atoms with Crippen molar-refractivity contribution in [2.24, 2.45) is 0 Å². The molecule has 2 aromatic rings. The number of aromatic nitrogens is 3. The van der Waals surface area contributed by atoms with Gasteiger partial charge in [-0.05, 0) is 38.3 Å². The lowest BCUT2D eigenvalue weighted by molar-refractivity contribution is -0.117. The number of amides is 2. The van der Waals surface area contributed by atoms with E-state index in [0.29, 0.717) is 10.9 Å². The Hall–Kier alpha value is -2.75. The third-order valence-corrected chi connectivity index (χ3v) is 5.36. The monoisotopic (exact) mass is 419 g/mol. The molecule has 0 radical (unpaired) electrons. The Balaban J connectivity index is 1.86. The van der Waals surface area contributed by atoms with Crippen LogP contribution >= 0.6 is 11.8 Å². The van der Waals surface area contributed by atoms with Gasteiger partial charge in [-0.15, -0.1) is 10.2 Å². The number of hydrogen-bond donors (Lipinski definition) is 1. The van der Waals surface area contributed by atoms with Crippen molar-refractivity contribution in [2.75, 3.05) is 37.5 Å². The van der Waals surface area contributed by atoms with E-state index < -0.39 is 12.0 Å². The largest absolute Gasteiger partial charge is 0.495 e. The third-order valence-electron chi connectivity index (χ3n) is 4.43. The molecule has 29 heavy (non-hydrogen) atoms. The average Bonchev–Trinajstić information content (AvgIpc) is 3.16. The minimum atomic E-state index is -0.752. The number of carbonyl (C=O) groups excluding carboxylic acids is 2. The minimum absolute atomic E-state index is 0.00605. The molecule has 1 aromatic carbocycles. The molecule has 10 heteroatoms. The number of carbonyl (C=O) groups is 2. The Morgan fingerprint density at radius 3 is 2.66 bits per heavy atom. The van der Waals surface area contributed by atoms with E-state index in [1.54, 1.807) is 14.0 Å². The molecule has 3 rings (SSSR count). The van der Waals surface area contributed by atoms with Gasteiger partial charge in [0.15, 0.2) is 5.16 Å². The van der Waals surface area contributed by atoms with Crippen LogP contribution in [0.4, 0.5) is 10.7 Å². The van der Waals surface area contributed by atoms with E-state index in [4.69, 9.17) is 9.47 Å². The molecule has 1 aliphatic heterocycles. The molecule has 1 aliphatic rings. The molecule has 156 valence electrons. The van der Waals surface area contributed by atoms with Crippen LogP contribution in [0.15, 0.2) is 29.4 Å². The summed E-state index contributed by atoms with van der Waals surface area (Å²) in [7, 11) is 1.61. The molecule has 9 nitrogen and oxygen atoms in total. The van der Waals surface area contributed by atoms with Gasteiger partial charge in [-0.3, -0.25) is 14.7 Å². The second kappa shape index (κ2) is 10.1. The van der Waals surface area contributed by atoms with Gasteiger partial charge in [0.2, 0.25) is 11.9 Å². The molecular weight excluding hydrogens is 394 g/mol. The van der Waals surface area contributed by atoms with E-state index in [9.17, 15) is 9.59 Å². The first-order chi connectivity index (χ1) is 14.1. The van der Waals surface area contributed by atoms with E-state index in [-0.39, 0.29) is 12.4 Å². The van der Waals surface area contributed by atoms with E-state index in [2.05, 4.69) is 20.4 Å². The summed E-state index contributed by atoms with van der Waals surface area (Å²) in [6.07, 6.45) is 2.65. The van der Waals surface area contributed by atoms with Crippen molar-refractivity contribution >= 4 is 29.7 Å². The van der Waals surface area contributed by atoms with Gasteiger partial charge in [-0.1, -0.05) is 23.9 Å². The number of nitrogens with one attached hydrogen (secondary N) is 1. The maximum Gasteiger partial charge on any atom is 0.413 e. The Morgan fingerprint density at radius 2 is 1.93 bits per heavy atom. The number of para-hydroxylation sites is 2. The number of nitrogens with zero attached hydrogens (tertiary/aromatic N) is 4. The highest BCUT2D eigenvalue weighted by molar-refractivity contribution is 7.99. The van der Waals surface area contributed by atoms with Crippen molar-refractivity contribution in [3.05, 3.63) is 24.3 Å². The van der Waals surface area contributed by atoms with Gasteiger partial charge in [-0.25, -0.2) is 4.79 Å². The number of hydrogen-bond acceptors (Lipinski definition) is 8. The first-order valence-electron chi connectivity index (χ1n) is 9.57. The molecule has 2 heterocycles. The quantitative estimate of drug-likeness (QED) is 0.684.